The molecule has 0 aliphatic carbocycles. The van der Waals surface area contributed by atoms with Gasteiger partial charge >= 0.3 is 0 Å². The van der Waals surface area contributed by atoms with E-state index >= 15 is 0 Å². The molecule has 0 aromatic rings. The molecule has 0 saturated carbocycles. The first-order valence-corrected chi connectivity index (χ1v) is 5.89. The fourth-order valence-corrected chi connectivity index (χ4v) is 1.97. The molecule has 0 spiro atoms. The number of piperidine rings is 1. The second kappa shape index (κ2) is 5.61. The van der Waals surface area contributed by atoms with E-state index in [4.69, 9.17) is 5.11 Å². The molecule has 1 aliphatic rings. The molecule has 1 fully saturated rings. The average molecular weight is 213 g/mol. The van der Waals surface area contributed by atoms with Crippen molar-refractivity contribution in [3.05, 3.63) is 0 Å². The largest absolute Gasteiger partial charge is 0.396 e. The van der Waals surface area contributed by atoms with Crippen LogP contribution >= 0.6 is 0 Å². The number of carbonyl (C=O) groups excluding carboxylic acids is 1. The molecule has 0 bridgehead atoms. The molecule has 1 saturated heterocycles. The lowest BCUT2D eigenvalue weighted by atomic mass is 9.89. The van der Waals surface area contributed by atoms with Crippen molar-refractivity contribution in [2.45, 2.75) is 45.6 Å². The van der Waals surface area contributed by atoms with Gasteiger partial charge in [-0.05, 0) is 37.8 Å². The van der Waals surface area contributed by atoms with Crippen molar-refractivity contribution in [2.24, 2.45) is 5.41 Å². The summed E-state index contributed by atoms with van der Waals surface area (Å²) < 4.78 is 0. The Morgan fingerprint density at radius 1 is 1.47 bits per heavy atom. The van der Waals surface area contributed by atoms with Crippen LogP contribution in [0, 0.1) is 5.41 Å². The molecule has 0 aromatic heterocycles. The first-order chi connectivity index (χ1) is 7.09. The van der Waals surface area contributed by atoms with E-state index in [2.05, 4.69) is 18.7 Å². The van der Waals surface area contributed by atoms with Crippen LogP contribution in [-0.2, 0) is 4.79 Å². The monoisotopic (exact) mass is 213 g/mol. The Hall–Kier alpha value is -0.410. The maximum absolute atomic E-state index is 10.9. The van der Waals surface area contributed by atoms with E-state index in [1.54, 1.807) is 0 Å². The predicted molar refractivity (Wildman–Crippen MR) is 60.8 cm³/mol. The number of hydrogen-bond acceptors (Lipinski definition) is 3. The van der Waals surface area contributed by atoms with Crippen LogP contribution in [0.25, 0.3) is 0 Å². The second-order valence-corrected chi connectivity index (χ2v) is 5.31. The number of aliphatic hydroxyl groups excluding tert-OH is 1. The SMILES string of the molecule is CC(C)(CO)CCN1CCCC[C@H]1C=O. The first-order valence-electron chi connectivity index (χ1n) is 5.89. The molecule has 0 radical (unpaired) electrons. The van der Waals surface area contributed by atoms with Gasteiger partial charge in [0.25, 0.3) is 0 Å². The predicted octanol–water partition coefficient (Wildman–Crippen LogP) is 1.45. The van der Waals surface area contributed by atoms with Gasteiger partial charge in [0, 0.05) is 6.61 Å². The Kier molecular flexibility index (Phi) is 4.74. The summed E-state index contributed by atoms with van der Waals surface area (Å²) in [4.78, 5) is 13.1. The number of nitrogens with zero attached hydrogens (tertiary/aromatic N) is 1. The molecule has 3 nitrogen and oxygen atoms in total. The van der Waals surface area contributed by atoms with Gasteiger partial charge in [-0.1, -0.05) is 20.3 Å². The molecule has 1 heterocycles. The maximum atomic E-state index is 10.9. The Morgan fingerprint density at radius 2 is 2.20 bits per heavy atom. The quantitative estimate of drug-likeness (QED) is 0.703. The lowest BCUT2D eigenvalue weighted by molar-refractivity contribution is -0.113. The highest BCUT2D eigenvalue weighted by Crippen LogP contribution is 2.22. The number of hydrogen-bond donors (Lipinski definition) is 1. The van der Waals surface area contributed by atoms with Crippen molar-refractivity contribution < 1.29 is 9.90 Å². The van der Waals surface area contributed by atoms with Crippen LogP contribution in [0.4, 0.5) is 0 Å². The van der Waals surface area contributed by atoms with Crippen LogP contribution in [0.5, 0.6) is 0 Å². The second-order valence-electron chi connectivity index (χ2n) is 5.31. The molecule has 1 aliphatic heterocycles. The van der Waals surface area contributed by atoms with Gasteiger partial charge in [0.1, 0.15) is 6.29 Å². The molecule has 15 heavy (non-hydrogen) atoms. The van der Waals surface area contributed by atoms with Gasteiger partial charge < -0.3 is 9.90 Å². The molecule has 0 aromatic carbocycles. The molecule has 0 amide bonds. The van der Waals surface area contributed by atoms with Gasteiger partial charge in [-0.3, -0.25) is 4.90 Å². The van der Waals surface area contributed by atoms with Gasteiger partial charge in [-0.15, -0.1) is 0 Å². The summed E-state index contributed by atoms with van der Waals surface area (Å²) in [6.45, 7) is 6.30. The Morgan fingerprint density at radius 3 is 2.80 bits per heavy atom. The molecule has 1 N–H and O–H groups in total. The molecule has 1 rings (SSSR count). The van der Waals surface area contributed by atoms with Crippen molar-refractivity contribution in [3.63, 3.8) is 0 Å². The highest BCUT2D eigenvalue weighted by atomic mass is 16.3. The van der Waals surface area contributed by atoms with E-state index in [0.717, 1.165) is 32.2 Å². The van der Waals surface area contributed by atoms with Crippen molar-refractivity contribution in [3.8, 4) is 0 Å². The molecule has 88 valence electrons. The first kappa shape index (κ1) is 12.7. The zero-order valence-corrected chi connectivity index (χ0v) is 9.91. The molecule has 0 unspecified atom stereocenters. The summed E-state index contributed by atoms with van der Waals surface area (Å²) in [6, 6.07) is 0.119. The van der Waals surface area contributed by atoms with Crippen LogP contribution < -0.4 is 0 Å². The third kappa shape index (κ3) is 3.92. The standard InChI is InChI=1S/C12H23NO2/c1-12(2,10-15)6-8-13-7-4-3-5-11(13)9-14/h9,11,15H,3-8,10H2,1-2H3/t11-/m0/s1. The number of aliphatic hydroxyl groups is 1. The van der Waals surface area contributed by atoms with E-state index in [9.17, 15) is 4.79 Å². The maximum Gasteiger partial charge on any atom is 0.137 e. The van der Waals surface area contributed by atoms with Crippen molar-refractivity contribution in [2.75, 3.05) is 19.7 Å². The summed E-state index contributed by atoms with van der Waals surface area (Å²) >= 11 is 0. The number of rotatable bonds is 5. The van der Waals surface area contributed by atoms with E-state index in [-0.39, 0.29) is 18.1 Å². The summed E-state index contributed by atoms with van der Waals surface area (Å²) in [5, 5.41) is 9.16. The highest BCUT2D eigenvalue weighted by molar-refractivity contribution is 5.57. The molecule has 1 atom stereocenters. The van der Waals surface area contributed by atoms with Crippen molar-refractivity contribution in [1.82, 2.24) is 4.90 Å². The minimum Gasteiger partial charge on any atom is -0.396 e. The smallest absolute Gasteiger partial charge is 0.137 e. The summed E-state index contributed by atoms with van der Waals surface area (Å²) in [6.07, 6.45) is 5.40. The fourth-order valence-electron chi connectivity index (χ4n) is 1.97. The molecule has 3 heteroatoms. The van der Waals surface area contributed by atoms with Crippen LogP contribution in [0.15, 0.2) is 0 Å². The van der Waals surface area contributed by atoms with Crippen LogP contribution in [0.2, 0.25) is 0 Å². The lowest BCUT2D eigenvalue weighted by Gasteiger charge is -2.34. The van der Waals surface area contributed by atoms with E-state index in [0.29, 0.717) is 0 Å². The minimum atomic E-state index is -0.0229. The number of likely N-dealkylation sites (tertiary alicyclic amines) is 1. The average Bonchev–Trinajstić information content (AvgIpc) is 2.27. The van der Waals surface area contributed by atoms with Gasteiger partial charge in [0.05, 0.1) is 6.04 Å². The Labute approximate surface area is 92.5 Å². The van der Waals surface area contributed by atoms with E-state index < -0.39 is 0 Å². The zero-order chi connectivity index (χ0) is 11.3. The van der Waals surface area contributed by atoms with Crippen molar-refractivity contribution >= 4 is 6.29 Å². The van der Waals surface area contributed by atoms with Crippen LogP contribution in [-0.4, -0.2) is 42.0 Å². The fraction of sp³-hybridized carbons (Fsp3) is 0.917. The lowest BCUT2D eigenvalue weighted by Crippen LogP contribution is -2.42. The van der Waals surface area contributed by atoms with Crippen LogP contribution in [0.1, 0.15) is 39.5 Å². The van der Waals surface area contributed by atoms with E-state index in [1.165, 1.54) is 12.8 Å². The molecular formula is C12H23NO2. The summed E-state index contributed by atoms with van der Waals surface area (Å²) in [7, 11) is 0. The summed E-state index contributed by atoms with van der Waals surface area (Å²) in [5.74, 6) is 0. The van der Waals surface area contributed by atoms with Crippen molar-refractivity contribution in [1.29, 1.82) is 0 Å². The summed E-state index contributed by atoms with van der Waals surface area (Å²) in [5.41, 5.74) is -0.0229. The van der Waals surface area contributed by atoms with Gasteiger partial charge in [-0.25, -0.2) is 0 Å². The molecular weight excluding hydrogens is 190 g/mol. The Bertz CT molecular complexity index is 204. The topological polar surface area (TPSA) is 40.5 Å². The van der Waals surface area contributed by atoms with Gasteiger partial charge in [0.2, 0.25) is 0 Å². The van der Waals surface area contributed by atoms with Gasteiger partial charge in [0.15, 0.2) is 0 Å². The third-order valence-electron chi connectivity index (χ3n) is 3.33. The van der Waals surface area contributed by atoms with Gasteiger partial charge in [-0.2, -0.15) is 0 Å². The highest BCUT2D eigenvalue weighted by Gasteiger charge is 2.24. The Balaban J connectivity index is 2.38. The van der Waals surface area contributed by atoms with Crippen LogP contribution in [0.3, 0.4) is 0 Å². The number of aldehydes is 1. The normalized spacial score (nSPS) is 24.1. The number of carbonyl (C=O) groups is 1. The zero-order valence-electron chi connectivity index (χ0n) is 9.91. The third-order valence-corrected chi connectivity index (χ3v) is 3.33. The minimum absolute atomic E-state index is 0.0229. The van der Waals surface area contributed by atoms with E-state index in [1.807, 2.05) is 0 Å².